The van der Waals surface area contributed by atoms with E-state index in [1.165, 1.54) is 16.8 Å². The van der Waals surface area contributed by atoms with E-state index in [0.29, 0.717) is 23.9 Å². The molecule has 0 aliphatic heterocycles. The standard InChI is InChI=1S/C18H25FN4O2/c1-11(2)8-15(24)10-20-18(25)16-21-17(12(3)4)23(22-16)14-7-5-6-13(19)9-14/h5-7,9,11-12,15,24H,8,10H2,1-4H3,(H,20,25). The molecule has 0 bridgehead atoms. The summed E-state index contributed by atoms with van der Waals surface area (Å²) in [5.41, 5.74) is 0.509. The second-order valence-electron chi connectivity index (χ2n) is 6.83. The molecule has 0 saturated heterocycles. The monoisotopic (exact) mass is 348 g/mol. The van der Waals surface area contributed by atoms with Crippen molar-refractivity contribution in [2.24, 2.45) is 5.92 Å². The van der Waals surface area contributed by atoms with Crippen LogP contribution in [0, 0.1) is 11.7 Å². The van der Waals surface area contributed by atoms with Crippen molar-refractivity contribution >= 4 is 5.91 Å². The zero-order valence-corrected chi connectivity index (χ0v) is 15.0. The van der Waals surface area contributed by atoms with Gasteiger partial charge in [0, 0.05) is 12.5 Å². The summed E-state index contributed by atoms with van der Waals surface area (Å²) < 4.78 is 15.0. The Hall–Kier alpha value is -2.28. The molecular weight excluding hydrogens is 323 g/mol. The molecule has 1 unspecified atom stereocenters. The SMILES string of the molecule is CC(C)CC(O)CNC(=O)c1nc(C(C)C)n(-c2cccc(F)c2)n1. The van der Waals surface area contributed by atoms with Gasteiger partial charge in [-0.2, -0.15) is 0 Å². The number of aromatic nitrogens is 3. The van der Waals surface area contributed by atoms with Crippen LogP contribution in [0.3, 0.4) is 0 Å². The predicted octanol–water partition coefficient (Wildman–Crippen LogP) is 2.67. The van der Waals surface area contributed by atoms with Crippen LogP contribution in [0.5, 0.6) is 0 Å². The number of halogens is 1. The van der Waals surface area contributed by atoms with Crippen LogP contribution in [0.15, 0.2) is 24.3 Å². The van der Waals surface area contributed by atoms with Crippen LogP contribution >= 0.6 is 0 Å². The maximum absolute atomic E-state index is 13.5. The highest BCUT2D eigenvalue weighted by atomic mass is 19.1. The van der Waals surface area contributed by atoms with Crippen LogP contribution in [0.25, 0.3) is 5.69 Å². The number of amides is 1. The fourth-order valence-electron chi connectivity index (χ4n) is 2.51. The molecule has 1 atom stereocenters. The highest BCUT2D eigenvalue weighted by Gasteiger charge is 2.20. The van der Waals surface area contributed by atoms with Crippen molar-refractivity contribution in [3.63, 3.8) is 0 Å². The van der Waals surface area contributed by atoms with E-state index in [0.717, 1.165) is 0 Å². The molecule has 6 nitrogen and oxygen atoms in total. The summed E-state index contributed by atoms with van der Waals surface area (Å²) in [5, 5.41) is 16.7. The highest BCUT2D eigenvalue weighted by Crippen LogP contribution is 2.18. The lowest BCUT2D eigenvalue weighted by Crippen LogP contribution is -2.33. The fraction of sp³-hybridized carbons (Fsp3) is 0.500. The first-order valence-electron chi connectivity index (χ1n) is 8.47. The number of carbonyl (C=O) groups is 1. The van der Waals surface area contributed by atoms with Gasteiger partial charge in [-0.3, -0.25) is 4.79 Å². The Morgan fingerprint density at radius 3 is 2.64 bits per heavy atom. The molecule has 0 radical (unpaired) electrons. The largest absolute Gasteiger partial charge is 0.391 e. The van der Waals surface area contributed by atoms with E-state index in [-0.39, 0.29) is 24.1 Å². The molecule has 0 fully saturated rings. The molecule has 2 N–H and O–H groups in total. The predicted molar refractivity (Wildman–Crippen MR) is 93.2 cm³/mol. The van der Waals surface area contributed by atoms with Gasteiger partial charge in [-0.25, -0.2) is 14.1 Å². The minimum absolute atomic E-state index is 0.00356. The van der Waals surface area contributed by atoms with E-state index in [9.17, 15) is 14.3 Å². The van der Waals surface area contributed by atoms with Gasteiger partial charge in [-0.1, -0.05) is 33.8 Å². The Labute approximate surface area is 147 Å². The second-order valence-corrected chi connectivity index (χ2v) is 6.83. The van der Waals surface area contributed by atoms with Crippen molar-refractivity contribution in [3.8, 4) is 5.69 Å². The Kier molecular flexibility index (Phi) is 6.25. The molecule has 136 valence electrons. The lowest BCUT2D eigenvalue weighted by Gasteiger charge is -2.12. The summed E-state index contributed by atoms with van der Waals surface area (Å²) in [6.07, 6.45) is -0.0123. The number of nitrogens with one attached hydrogen (secondary N) is 1. The summed E-state index contributed by atoms with van der Waals surface area (Å²) in [5.74, 6) is 0.0715. The minimum atomic E-state index is -0.612. The van der Waals surface area contributed by atoms with E-state index in [2.05, 4.69) is 15.4 Å². The smallest absolute Gasteiger partial charge is 0.291 e. The Bertz CT molecular complexity index is 728. The lowest BCUT2D eigenvalue weighted by atomic mass is 10.1. The van der Waals surface area contributed by atoms with Gasteiger partial charge in [0.1, 0.15) is 11.6 Å². The Balaban J connectivity index is 2.19. The van der Waals surface area contributed by atoms with E-state index in [1.807, 2.05) is 27.7 Å². The van der Waals surface area contributed by atoms with Crippen LogP contribution in [0.1, 0.15) is 56.5 Å². The van der Waals surface area contributed by atoms with Crippen molar-refractivity contribution in [1.82, 2.24) is 20.1 Å². The first-order valence-corrected chi connectivity index (χ1v) is 8.47. The lowest BCUT2D eigenvalue weighted by molar-refractivity contribution is 0.0890. The molecule has 1 heterocycles. The highest BCUT2D eigenvalue weighted by molar-refractivity contribution is 5.90. The molecule has 2 rings (SSSR count). The number of hydrogen-bond donors (Lipinski definition) is 2. The molecule has 2 aromatic rings. The van der Waals surface area contributed by atoms with Crippen molar-refractivity contribution in [3.05, 3.63) is 41.7 Å². The fourth-order valence-corrected chi connectivity index (χ4v) is 2.51. The first-order chi connectivity index (χ1) is 11.8. The summed E-state index contributed by atoms with van der Waals surface area (Å²) in [6, 6.07) is 5.98. The zero-order chi connectivity index (χ0) is 18.6. The molecule has 0 aliphatic carbocycles. The average molecular weight is 348 g/mol. The number of benzene rings is 1. The molecule has 1 amide bonds. The van der Waals surface area contributed by atoms with E-state index >= 15 is 0 Å². The third-order valence-electron chi connectivity index (χ3n) is 3.65. The Morgan fingerprint density at radius 2 is 2.04 bits per heavy atom. The van der Waals surface area contributed by atoms with E-state index in [4.69, 9.17) is 0 Å². The van der Waals surface area contributed by atoms with E-state index < -0.39 is 12.0 Å². The van der Waals surface area contributed by atoms with Gasteiger partial charge in [-0.15, -0.1) is 5.10 Å². The molecule has 0 saturated carbocycles. The molecular formula is C18H25FN4O2. The van der Waals surface area contributed by atoms with E-state index in [1.54, 1.807) is 12.1 Å². The molecule has 0 aliphatic rings. The molecule has 7 heteroatoms. The maximum atomic E-state index is 13.5. The molecule has 1 aromatic heterocycles. The number of carbonyl (C=O) groups excluding carboxylic acids is 1. The van der Waals surface area contributed by atoms with Crippen LogP contribution in [0.2, 0.25) is 0 Å². The van der Waals surface area contributed by atoms with Gasteiger partial charge in [0.05, 0.1) is 11.8 Å². The van der Waals surface area contributed by atoms with Crippen molar-refractivity contribution in [2.45, 2.75) is 46.1 Å². The summed E-state index contributed by atoms with van der Waals surface area (Å²) in [4.78, 5) is 16.6. The zero-order valence-electron chi connectivity index (χ0n) is 15.0. The van der Waals surface area contributed by atoms with Crippen molar-refractivity contribution < 1.29 is 14.3 Å². The van der Waals surface area contributed by atoms with Crippen LogP contribution in [0.4, 0.5) is 4.39 Å². The third kappa shape index (κ3) is 5.09. The normalized spacial score (nSPS) is 12.6. The topological polar surface area (TPSA) is 80.0 Å². The van der Waals surface area contributed by atoms with Gasteiger partial charge < -0.3 is 10.4 Å². The first kappa shape index (κ1) is 19.1. The molecule has 1 aromatic carbocycles. The third-order valence-corrected chi connectivity index (χ3v) is 3.65. The summed E-state index contributed by atoms with van der Waals surface area (Å²) in [7, 11) is 0. The maximum Gasteiger partial charge on any atom is 0.291 e. The Morgan fingerprint density at radius 1 is 1.32 bits per heavy atom. The average Bonchev–Trinajstić information content (AvgIpc) is 2.97. The number of nitrogens with zero attached hydrogens (tertiary/aromatic N) is 3. The van der Waals surface area contributed by atoms with Crippen LogP contribution < -0.4 is 5.32 Å². The quantitative estimate of drug-likeness (QED) is 0.806. The van der Waals surface area contributed by atoms with Crippen molar-refractivity contribution in [2.75, 3.05) is 6.54 Å². The van der Waals surface area contributed by atoms with Crippen LogP contribution in [-0.2, 0) is 0 Å². The van der Waals surface area contributed by atoms with Gasteiger partial charge >= 0.3 is 0 Å². The van der Waals surface area contributed by atoms with Gasteiger partial charge in [-0.05, 0) is 30.5 Å². The molecule has 25 heavy (non-hydrogen) atoms. The minimum Gasteiger partial charge on any atom is -0.391 e. The number of rotatable bonds is 7. The molecule has 0 spiro atoms. The van der Waals surface area contributed by atoms with Gasteiger partial charge in [0.25, 0.3) is 5.91 Å². The van der Waals surface area contributed by atoms with Crippen LogP contribution in [-0.4, -0.2) is 38.4 Å². The second kappa shape index (κ2) is 8.20. The summed E-state index contributed by atoms with van der Waals surface area (Å²) in [6.45, 7) is 7.99. The number of aliphatic hydroxyl groups is 1. The van der Waals surface area contributed by atoms with Gasteiger partial charge in [0.2, 0.25) is 5.82 Å². The number of hydrogen-bond acceptors (Lipinski definition) is 4. The number of aliphatic hydroxyl groups excluding tert-OH is 1. The van der Waals surface area contributed by atoms with Crippen molar-refractivity contribution in [1.29, 1.82) is 0 Å². The summed E-state index contributed by atoms with van der Waals surface area (Å²) >= 11 is 0. The van der Waals surface area contributed by atoms with Gasteiger partial charge in [0.15, 0.2) is 0 Å².